The van der Waals surface area contributed by atoms with Gasteiger partial charge in [-0.25, -0.2) is 4.39 Å². The van der Waals surface area contributed by atoms with Gasteiger partial charge in [0, 0.05) is 36.5 Å². The molecule has 6 heteroatoms. The molecule has 0 unspecified atom stereocenters. The van der Waals surface area contributed by atoms with E-state index < -0.39 is 11.9 Å². The monoisotopic (exact) mass is 466 g/mol. The van der Waals surface area contributed by atoms with Crippen LogP contribution in [0.4, 0.5) is 4.39 Å². The summed E-state index contributed by atoms with van der Waals surface area (Å²) in [5.41, 5.74) is 2.15. The molecule has 0 saturated carbocycles. The van der Waals surface area contributed by atoms with Crippen LogP contribution in [-0.2, 0) is 29.0 Å². The van der Waals surface area contributed by atoms with Crippen molar-refractivity contribution in [2.24, 2.45) is 0 Å². The van der Waals surface area contributed by atoms with Gasteiger partial charge in [0.05, 0.1) is 0 Å². The molecule has 0 aromatic heterocycles. The highest BCUT2D eigenvalue weighted by Gasteiger charge is 2.30. The van der Waals surface area contributed by atoms with E-state index in [9.17, 15) is 14.0 Å². The summed E-state index contributed by atoms with van der Waals surface area (Å²) in [6, 6.07) is 22.4. The SMILES string of the molecule is CCNC(=O)[C@@H](Cc1ccccc1)N(Cc1ccccc1F)C(=O)CCc1ccccc1Cl. The number of halogens is 2. The first-order chi connectivity index (χ1) is 16.0. The predicted molar refractivity (Wildman–Crippen MR) is 129 cm³/mol. The zero-order chi connectivity index (χ0) is 23.6. The Kier molecular flexibility index (Phi) is 9.02. The second-order valence-corrected chi connectivity index (χ2v) is 8.21. The molecule has 172 valence electrons. The minimum atomic E-state index is -0.772. The van der Waals surface area contributed by atoms with Gasteiger partial charge in [0.15, 0.2) is 0 Å². The van der Waals surface area contributed by atoms with Crippen LogP contribution in [0.5, 0.6) is 0 Å². The summed E-state index contributed by atoms with van der Waals surface area (Å²) in [6.07, 6.45) is 0.918. The molecule has 3 aromatic rings. The van der Waals surface area contributed by atoms with Gasteiger partial charge in [0.1, 0.15) is 11.9 Å². The number of hydrogen-bond acceptors (Lipinski definition) is 2. The quantitative estimate of drug-likeness (QED) is 0.447. The minimum absolute atomic E-state index is 0.00264. The Labute approximate surface area is 199 Å². The summed E-state index contributed by atoms with van der Waals surface area (Å²) in [5.74, 6) is -0.898. The van der Waals surface area contributed by atoms with Crippen LogP contribution < -0.4 is 5.32 Å². The number of carbonyl (C=O) groups is 2. The van der Waals surface area contributed by atoms with Gasteiger partial charge >= 0.3 is 0 Å². The van der Waals surface area contributed by atoms with Gasteiger partial charge in [-0.15, -0.1) is 0 Å². The van der Waals surface area contributed by atoms with E-state index in [1.807, 2.05) is 55.5 Å². The molecule has 0 saturated heterocycles. The number of nitrogens with one attached hydrogen (secondary N) is 1. The van der Waals surface area contributed by atoms with Gasteiger partial charge < -0.3 is 10.2 Å². The molecule has 4 nitrogen and oxygen atoms in total. The third-order valence-electron chi connectivity index (χ3n) is 5.49. The van der Waals surface area contributed by atoms with Crippen LogP contribution >= 0.6 is 11.6 Å². The van der Waals surface area contributed by atoms with Crippen LogP contribution in [0.15, 0.2) is 78.9 Å². The first kappa shape index (κ1) is 24.5. The molecule has 2 amide bonds. The van der Waals surface area contributed by atoms with Gasteiger partial charge in [0.2, 0.25) is 11.8 Å². The van der Waals surface area contributed by atoms with E-state index in [1.54, 1.807) is 24.3 Å². The van der Waals surface area contributed by atoms with Crippen LogP contribution in [0.25, 0.3) is 0 Å². The molecule has 1 atom stereocenters. The molecule has 0 fully saturated rings. The second-order valence-electron chi connectivity index (χ2n) is 7.80. The number of rotatable bonds is 10. The molecule has 0 radical (unpaired) electrons. The number of nitrogens with zero attached hydrogens (tertiary/aromatic N) is 1. The van der Waals surface area contributed by atoms with Crippen LogP contribution in [0.1, 0.15) is 30.0 Å². The Morgan fingerprint density at radius 2 is 1.58 bits per heavy atom. The highest BCUT2D eigenvalue weighted by atomic mass is 35.5. The fraction of sp³-hybridized carbons (Fsp3) is 0.259. The Hall–Kier alpha value is -3.18. The van der Waals surface area contributed by atoms with Crippen molar-refractivity contribution in [3.63, 3.8) is 0 Å². The summed E-state index contributed by atoms with van der Waals surface area (Å²) >= 11 is 6.26. The normalized spacial score (nSPS) is 11.6. The molecule has 33 heavy (non-hydrogen) atoms. The van der Waals surface area contributed by atoms with E-state index >= 15 is 0 Å². The largest absolute Gasteiger partial charge is 0.355 e. The number of benzene rings is 3. The van der Waals surface area contributed by atoms with Crippen molar-refractivity contribution in [1.82, 2.24) is 10.2 Å². The molecule has 3 rings (SSSR count). The number of likely N-dealkylation sites (N-methyl/N-ethyl adjacent to an activating group) is 1. The van der Waals surface area contributed by atoms with Crippen molar-refractivity contribution in [2.75, 3.05) is 6.54 Å². The number of amides is 2. The highest BCUT2D eigenvalue weighted by molar-refractivity contribution is 6.31. The smallest absolute Gasteiger partial charge is 0.243 e. The summed E-state index contributed by atoms with van der Waals surface area (Å²) in [7, 11) is 0. The zero-order valence-corrected chi connectivity index (χ0v) is 19.4. The Balaban J connectivity index is 1.91. The van der Waals surface area contributed by atoms with Gasteiger partial charge in [-0.1, -0.05) is 78.3 Å². The zero-order valence-electron chi connectivity index (χ0n) is 18.6. The predicted octanol–water partition coefficient (Wildman–Crippen LogP) is 5.19. The number of aryl methyl sites for hydroxylation is 1. The third-order valence-corrected chi connectivity index (χ3v) is 5.86. The van der Waals surface area contributed by atoms with Crippen LogP contribution in [0, 0.1) is 5.82 Å². The molecule has 0 aliphatic heterocycles. The first-order valence-corrected chi connectivity index (χ1v) is 11.4. The number of hydrogen-bond donors (Lipinski definition) is 1. The fourth-order valence-corrected chi connectivity index (χ4v) is 3.97. The Morgan fingerprint density at radius 1 is 0.939 bits per heavy atom. The molecule has 3 aromatic carbocycles. The molecule has 0 spiro atoms. The number of carbonyl (C=O) groups excluding carboxylic acids is 2. The fourth-order valence-electron chi connectivity index (χ4n) is 3.74. The van der Waals surface area contributed by atoms with E-state index in [-0.39, 0.29) is 24.8 Å². The summed E-state index contributed by atoms with van der Waals surface area (Å²) in [6.45, 7) is 2.27. The lowest BCUT2D eigenvalue weighted by atomic mass is 10.0. The summed E-state index contributed by atoms with van der Waals surface area (Å²) < 4.78 is 14.5. The summed E-state index contributed by atoms with van der Waals surface area (Å²) in [5, 5.41) is 3.43. The van der Waals surface area contributed by atoms with Crippen molar-refractivity contribution in [2.45, 2.75) is 38.8 Å². The van der Waals surface area contributed by atoms with Crippen molar-refractivity contribution in [3.05, 3.63) is 106 Å². The van der Waals surface area contributed by atoms with Crippen molar-refractivity contribution in [3.8, 4) is 0 Å². The van der Waals surface area contributed by atoms with Gasteiger partial charge in [-0.3, -0.25) is 9.59 Å². The standard InChI is InChI=1S/C27H28ClFN2O2/c1-2-30-27(33)25(18-20-10-4-3-5-11-20)31(19-22-13-7-9-15-24(22)29)26(32)17-16-21-12-6-8-14-23(21)28/h3-15,25H,2,16-19H2,1H3,(H,30,33)/t25-/m1/s1. The van der Waals surface area contributed by atoms with Crippen molar-refractivity contribution in [1.29, 1.82) is 0 Å². The van der Waals surface area contributed by atoms with E-state index in [1.165, 1.54) is 11.0 Å². The molecule has 0 heterocycles. The Bertz CT molecular complexity index is 1070. The summed E-state index contributed by atoms with van der Waals surface area (Å²) in [4.78, 5) is 28.0. The topological polar surface area (TPSA) is 49.4 Å². The lowest BCUT2D eigenvalue weighted by Crippen LogP contribution is -2.50. The third kappa shape index (κ3) is 6.90. The molecule has 0 aliphatic carbocycles. The lowest BCUT2D eigenvalue weighted by molar-refractivity contribution is -0.141. The second kappa shape index (κ2) is 12.2. The van der Waals surface area contributed by atoms with Gasteiger partial charge in [-0.2, -0.15) is 0 Å². The molecule has 0 bridgehead atoms. The average molecular weight is 467 g/mol. The van der Waals surface area contributed by atoms with Gasteiger partial charge in [0.25, 0.3) is 0 Å². The van der Waals surface area contributed by atoms with Crippen molar-refractivity contribution < 1.29 is 14.0 Å². The molecular weight excluding hydrogens is 439 g/mol. The maximum Gasteiger partial charge on any atom is 0.243 e. The van der Waals surface area contributed by atoms with Crippen LogP contribution in [-0.4, -0.2) is 29.3 Å². The maximum absolute atomic E-state index is 14.5. The van der Waals surface area contributed by atoms with E-state index in [2.05, 4.69) is 5.32 Å². The lowest BCUT2D eigenvalue weighted by Gasteiger charge is -2.31. The van der Waals surface area contributed by atoms with Crippen molar-refractivity contribution >= 4 is 23.4 Å². The van der Waals surface area contributed by atoms with Crippen LogP contribution in [0.3, 0.4) is 0 Å². The molecule has 1 N–H and O–H groups in total. The maximum atomic E-state index is 14.5. The van der Waals surface area contributed by atoms with E-state index in [0.717, 1.165) is 11.1 Å². The van der Waals surface area contributed by atoms with E-state index in [0.29, 0.717) is 30.0 Å². The van der Waals surface area contributed by atoms with Crippen LogP contribution in [0.2, 0.25) is 5.02 Å². The molecule has 0 aliphatic rings. The van der Waals surface area contributed by atoms with E-state index in [4.69, 9.17) is 11.6 Å². The minimum Gasteiger partial charge on any atom is -0.355 e. The Morgan fingerprint density at radius 3 is 2.24 bits per heavy atom. The van der Waals surface area contributed by atoms with Gasteiger partial charge in [-0.05, 0) is 36.6 Å². The highest BCUT2D eigenvalue weighted by Crippen LogP contribution is 2.20. The first-order valence-electron chi connectivity index (χ1n) is 11.1. The average Bonchev–Trinajstić information content (AvgIpc) is 2.82. The molecular formula is C27H28ClFN2O2.